The maximum atomic E-state index is 5.32. The smallest absolute Gasteiger partial charge is 0.119 e. The largest absolute Gasteiger partial charge is 0.497 e. The third-order valence-electron chi connectivity index (χ3n) is 4.00. The average molecular weight is 272 g/mol. The second kappa shape index (κ2) is 4.32. The van der Waals surface area contributed by atoms with Gasteiger partial charge in [-0.05, 0) is 37.1 Å². The maximum absolute atomic E-state index is 5.32. The Balaban J connectivity index is 1.75. The van der Waals surface area contributed by atoms with Crippen molar-refractivity contribution < 1.29 is 4.74 Å². The van der Waals surface area contributed by atoms with Crippen LogP contribution >= 0.6 is 11.3 Å². The predicted octanol–water partition coefficient (Wildman–Crippen LogP) is 3.15. The lowest BCUT2D eigenvalue weighted by molar-refractivity contribution is 0.415. The van der Waals surface area contributed by atoms with E-state index >= 15 is 0 Å². The summed E-state index contributed by atoms with van der Waals surface area (Å²) in [5.74, 6) is 0.917. The Labute approximate surface area is 116 Å². The van der Waals surface area contributed by atoms with Crippen LogP contribution in [0.1, 0.15) is 34.3 Å². The summed E-state index contributed by atoms with van der Waals surface area (Å²) in [4.78, 5) is 6.30. The third kappa shape index (κ3) is 1.78. The molecule has 1 aromatic heterocycles. The summed E-state index contributed by atoms with van der Waals surface area (Å²) in [5.41, 5.74) is 3.82. The Morgan fingerprint density at radius 1 is 1.42 bits per heavy atom. The van der Waals surface area contributed by atoms with E-state index in [1.807, 2.05) is 17.4 Å². The lowest BCUT2D eigenvalue weighted by Crippen LogP contribution is -2.12. The van der Waals surface area contributed by atoms with Crippen molar-refractivity contribution >= 4 is 11.3 Å². The Bertz CT molecular complexity index is 629. The number of ether oxygens (including phenoxy) is 1. The van der Waals surface area contributed by atoms with Crippen molar-refractivity contribution in [2.45, 2.75) is 25.3 Å². The number of thiazole rings is 1. The van der Waals surface area contributed by atoms with Gasteiger partial charge in [0, 0.05) is 16.9 Å². The lowest BCUT2D eigenvalue weighted by atomic mass is 10.1. The molecule has 0 amide bonds. The minimum absolute atomic E-state index is 0.477. The van der Waals surface area contributed by atoms with Crippen molar-refractivity contribution in [3.63, 3.8) is 0 Å². The number of methoxy groups -OCH3 is 1. The van der Waals surface area contributed by atoms with Gasteiger partial charge in [-0.1, -0.05) is 6.07 Å². The van der Waals surface area contributed by atoms with Crippen molar-refractivity contribution in [1.29, 1.82) is 0 Å². The van der Waals surface area contributed by atoms with E-state index in [1.54, 1.807) is 7.11 Å². The SMILES string of the molecule is COc1ccc2c(c1)-c1nc(C3CCCN3)sc1C2. The number of rotatable bonds is 2. The molecule has 19 heavy (non-hydrogen) atoms. The Morgan fingerprint density at radius 2 is 2.37 bits per heavy atom. The fraction of sp³-hybridized carbons (Fsp3) is 0.400. The van der Waals surface area contributed by atoms with Gasteiger partial charge in [-0.3, -0.25) is 0 Å². The summed E-state index contributed by atoms with van der Waals surface area (Å²) in [5, 5.41) is 4.79. The van der Waals surface area contributed by atoms with Crippen LogP contribution in [0.25, 0.3) is 11.3 Å². The van der Waals surface area contributed by atoms with Gasteiger partial charge in [-0.15, -0.1) is 11.3 Å². The van der Waals surface area contributed by atoms with Crippen molar-refractivity contribution in [3.05, 3.63) is 33.6 Å². The molecule has 0 spiro atoms. The van der Waals surface area contributed by atoms with Gasteiger partial charge in [0.15, 0.2) is 0 Å². The molecule has 0 radical (unpaired) electrons. The Morgan fingerprint density at radius 3 is 3.16 bits per heavy atom. The maximum Gasteiger partial charge on any atom is 0.119 e. The number of hydrogen-bond acceptors (Lipinski definition) is 4. The summed E-state index contributed by atoms with van der Waals surface area (Å²) in [6.07, 6.45) is 3.51. The number of hydrogen-bond donors (Lipinski definition) is 1. The molecule has 2 heterocycles. The molecule has 98 valence electrons. The molecule has 4 rings (SSSR count). The van der Waals surface area contributed by atoms with Gasteiger partial charge in [0.2, 0.25) is 0 Å². The van der Waals surface area contributed by atoms with Gasteiger partial charge in [0.1, 0.15) is 10.8 Å². The van der Waals surface area contributed by atoms with Crippen molar-refractivity contribution in [2.24, 2.45) is 0 Å². The van der Waals surface area contributed by atoms with E-state index < -0.39 is 0 Å². The van der Waals surface area contributed by atoms with Gasteiger partial charge in [-0.25, -0.2) is 4.98 Å². The van der Waals surface area contributed by atoms with Crippen LogP contribution in [0.2, 0.25) is 0 Å². The van der Waals surface area contributed by atoms with Crippen molar-refractivity contribution in [3.8, 4) is 17.0 Å². The predicted molar refractivity (Wildman–Crippen MR) is 76.9 cm³/mol. The number of fused-ring (bicyclic) bond motifs is 3. The van der Waals surface area contributed by atoms with Crippen LogP contribution in [0.15, 0.2) is 18.2 Å². The van der Waals surface area contributed by atoms with Gasteiger partial charge < -0.3 is 10.1 Å². The van der Waals surface area contributed by atoms with Gasteiger partial charge in [0.05, 0.1) is 18.8 Å². The summed E-state index contributed by atoms with van der Waals surface area (Å²) in [6.45, 7) is 1.12. The fourth-order valence-electron chi connectivity index (χ4n) is 2.97. The second-order valence-electron chi connectivity index (χ2n) is 5.17. The number of nitrogens with zero attached hydrogens (tertiary/aromatic N) is 1. The van der Waals surface area contributed by atoms with Crippen LogP contribution in [-0.4, -0.2) is 18.6 Å². The summed E-state index contributed by atoms with van der Waals surface area (Å²) in [6, 6.07) is 6.79. The molecule has 1 aliphatic heterocycles. The first kappa shape index (κ1) is 11.4. The molecular weight excluding hydrogens is 256 g/mol. The monoisotopic (exact) mass is 272 g/mol. The first-order valence-corrected chi connectivity index (χ1v) is 7.57. The quantitative estimate of drug-likeness (QED) is 0.778. The van der Waals surface area contributed by atoms with Crippen molar-refractivity contribution in [1.82, 2.24) is 10.3 Å². The standard InChI is InChI=1S/C15H16N2OS/c1-18-10-5-4-9-7-13-14(11(9)8-10)17-15(19-13)12-3-2-6-16-12/h4-5,8,12,16H,2-3,6-7H2,1H3. The van der Waals surface area contributed by atoms with Crippen LogP contribution in [0.3, 0.4) is 0 Å². The second-order valence-corrected chi connectivity index (χ2v) is 6.29. The van der Waals surface area contributed by atoms with Crippen LogP contribution in [-0.2, 0) is 6.42 Å². The highest BCUT2D eigenvalue weighted by molar-refractivity contribution is 7.12. The summed E-state index contributed by atoms with van der Waals surface area (Å²) in [7, 11) is 1.71. The van der Waals surface area contributed by atoms with Crippen LogP contribution in [0, 0.1) is 0 Å². The fourth-order valence-corrected chi connectivity index (χ4v) is 4.19. The molecule has 1 saturated heterocycles. The van der Waals surface area contributed by atoms with E-state index in [4.69, 9.17) is 9.72 Å². The average Bonchev–Trinajstić information content (AvgIpc) is 3.12. The molecule has 1 unspecified atom stereocenters. The summed E-state index contributed by atoms with van der Waals surface area (Å²) < 4.78 is 5.32. The number of aromatic nitrogens is 1. The zero-order valence-corrected chi connectivity index (χ0v) is 11.7. The van der Waals surface area contributed by atoms with Gasteiger partial charge in [-0.2, -0.15) is 0 Å². The zero-order chi connectivity index (χ0) is 12.8. The Kier molecular flexibility index (Phi) is 2.60. The van der Waals surface area contributed by atoms with E-state index in [2.05, 4.69) is 17.4 Å². The van der Waals surface area contributed by atoms with E-state index in [1.165, 1.54) is 39.5 Å². The van der Waals surface area contributed by atoms with Crippen LogP contribution < -0.4 is 10.1 Å². The molecule has 1 aliphatic carbocycles. The van der Waals surface area contributed by atoms with Crippen LogP contribution in [0.5, 0.6) is 5.75 Å². The van der Waals surface area contributed by atoms with E-state index in [0.29, 0.717) is 6.04 Å². The molecule has 1 N–H and O–H groups in total. The number of benzene rings is 1. The first-order chi connectivity index (χ1) is 9.35. The van der Waals surface area contributed by atoms with E-state index in [0.717, 1.165) is 18.7 Å². The third-order valence-corrected chi connectivity index (χ3v) is 5.16. The highest BCUT2D eigenvalue weighted by Gasteiger charge is 2.27. The van der Waals surface area contributed by atoms with Gasteiger partial charge in [0.25, 0.3) is 0 Å². The molecule has 3 nitrogen and oxygen atoms in total. The van der Waals surface area contributed by atoms with Crippen molar-refractivity contribution in [2.75, 3.05) is 13.7 Å². The minimum Gasteiger partial charge on any atom is -0.497 e. The molecule has 1 atom stereocenters. The molecule has 2 aliphatic rings. The molecule has 4 heteroatoms. The Hall–Kier alpha value is -1.39. The zero-order valence-electron chi connectivity index (χ0n) is 10.9. The topological polar surface area (TPSA) is 34.1 Å². The lowest BCUT2D eigenvalue weighted by Gasteiger charge is -2.06. The molecular formula is C15H16N2OS. The number of nitrogens with one attached hydrogen (secondary N) is 1. The first-order valence-electron chi connectivity index (χ1n) is 6.75. The molecule has 1 fully saturated rings. The molecule has 2 aromatic rings. The van der Waals surface area contributed by atoms with E-state index in [9.17, 15) is 0 Å². The van der Waals surface area contributed by atoms with Crippen LogP contribution in [0.4, 0.5) is 0 Å². The highest BCUT2D eigenvalue weighted by atomic mass is 32.1. The highest BCUT2D eigenvalue weighted by Crippen LogP contribution is 2.42. The minimum atomic E-state index is 0.477. The molecule has 1 aromatic carbocycles. The van der Waals surface area contributed by atoms with Gasteiger partial charge >= 0.3 is 0 Å². The normalized spacial score (nSPS) is 20.4. The molecule has 0 saturated carbocycles. The molecule has 0 bridgehead atoms. The van der Waals surface area contributed by atoms with E-state index in [-0.39, 0.29) is 0 Å². The summed E-state index contributed by atoms with van der Waals surface area (Å²) >= 11 is 1.87.